The molecule has 4 heteroatoms. The van der Waals surface area contributed by atoms with Gasteiger partial charge in [0, 0.05) is 12.8 Å². The molecule has 0 radical (unpaired) electrons. The lowest BCUT2D eigenvalue weighted by Gasteiger charge is -2.12. The Morgan fingerprint density at radius 3 is 3.00 bits per heavy atom. The molecule has 3 N–H and O–H groups in total. The lowest BCUT2D eigenvalue weighted by Crippen LogP contribution is -2.92. The Morgan fingerprint density at radius 1 is 1.42 bits per heavy atom. The number of hydrogen-bond donors (Lipinski definition) is 2. The molecule has 2 rings (SSSR count). The molecule has 0 saturated carbocycles. The van der Waals surface area contributed by atoms with Crippen molar-refractivity contribution in [1.29, 1.82) is 0 Å². The van der Waals surface area contributed by atoms with Crippen LogP contribution in [-0.2, 0) is 22.4 Å². The van der Waals surface area contributed by atoms with E-state index < -0.39 is 0 Å². The summed E-state index contributed by atoms with van der Waals surface area (Å²) in [5.41, 5.74) is 3.73. The fourth-order valence-corrected chi connectivity index (χ4v) is 2.45. The van der Waals surface area contributed by atoms with Crippen LogP contribution < -0.4 is 10.6 Å². The molecule has 104 valence electrons. The van der Waals surface area contributed by atoms with Crippen LogP contribution in [0.4, 0.5) is 5.69 Å². The zero-order valence-electron chi connectivity index (χ0n) is 11.7. The maximum absolute atomic E-state index is 12.0. The van der Waals surface area contributed by atoms with Gasteiger partial charge in [-0.3, -0.25) is 4.79 Å². The van der Waals surface area contributed by atoms with Gasteiger partial charge >= 0.3 is 0 Å². The average Bonchev–Trinajstić information content (AvgIpc) is 2.86. The van der Waals surface area contributed by atoms with Crippen LogP contribution in [-0.4, -0.2) is 32.2 Å². The molecule has 4 nitrogen and oxygen atoms in total. The normalized spacial score (nSPS) is 15.1. The van der Waals surface area contributed by atoms with E-state index in [1.165, 1.54) is 24.0 Å². The summed E-state index contributed by atoms with van der Waals surface area (Å²) >= 11 is 0. The second-order valence-corrected chi connectivity index (χ2v) is 5.13. The number of aryl methyl sites for hydroxylation is 2. The van der Waals surface area contributed by atoms with Crippen LogP contribution in [0.15, 0.2) is 18.2 Å². The molecule has 0 unspecified atom stereocenters. The summed E-state index contributed by atoms with van der Waals surface area (Å²) in [6.45, 7) is 3.38. The third-order valence-corrected chi connectivity index (χ3v) is 3.62. The number of methoxy groups -OCH3 is 1. The van der Waals surface area contributed by atoms with E-state index in [0.29, 0.717) is 6.61 Å². The SMILES string of the molecule is COCC[NH2+][C@@H](C)C(=O)Nc1ccc2c(c1)CCC2. The largest absolute Gasteiger partial charge is 0.379 e. The topological polar surface area (TPSA) is 54.9 Å². The molecule has 0 bridgehead atoms. The van der Waals surface area contributed by atoms with Crippen LogP contribution in [0.1, 0.15) is 24.5 Å². The summed E-state index contributed by atoms with van der Waals surface area (Å²) in [5.74, 6) is 0.0500. The zero-order chi connectivity index (χ0) is 13.7. The fraction of sp³-hybridized carbons (Fsp3) is 0.533. The summed E-state index contributed by atoms with van der Waals surface area (Å²) in [7, 11) is 1.67. The number of carbonyl (C=O) groups is 1. The number of ether oxygens (including phenoxy) is 1. The Labute approximate surface area is 114 Å². The number of nitrogens with one attached hydrogen (secondary N) is 1. The minimum atomic E-state index is -0.0941. The first-order valence-corrected chi connectivity index (χ1v) is 6.95. The number of benzene rings is 1. The molecular weight excluding hydrogens is 240 g/mol. The highest BCUT2D eigenvalue weighted by Crippen LogP contribution is 2.24. The first-order valence-electron chi connectivity index (χ1n) is 6.95. The molecule has 0 aromatic heterocycles. The first-order chi connectivity index (χ1) is 9.20. The standard InChI is InChI=1S/C15H22N2O2/c1-11(16-8-9-19-2)15(18)17-14-7-6-12-4-3-5-13(12)10-14/h6-7,10-11,16H,3-5,8-9H2,1-2H3,(H,17,18)/p+1/t11-/m0/s1. The highest BCUT2D eigenvalue weighted by Gasteiger charge is 2.17. The van der Waals surface area contributed by atoms with E-state index in [2.05, 4.69) is 17.4 Å². The van der Waals surface area contributed by atoms with E-state index in [1.54, 1.807) is 7.11 Å². The van der Waals surface area contributed by atoms with Gasteiger partial charge in [-0.1, -0.05) is 6.07 Å². The minimum absolute atomic E-state index is 0.0500. The smallest absolute Gasteiger partial charge is 0.282 e. The van der Waals surface area contributed by atoms with Gasteiger partial charge in [-0.2, -0.15) is 0 Å². The molecule has 1 aliphatic carbocycles. The van der Waals surface area contributed by atoms with Crippen LogP contribution in [0.25, 0.3) is 0 Å². The van der Waals surface area contributed by atoms with Gasteiger partial charge in [-0.15, -0.1) is 0 Å². The summed E-state index contributed by atoms with van der Waals surface area (Å²) in [6, 6.07) is 6.16. The Hall–Kier alpha value is -1.39. The van der Waals surface area contributed by atoms with E-state index in [9.17, 15) is 4.79 Å². The van der Waals surface area contributed by atoms with Crippen molar-refractivity contribution in [1.82, 2.24) is 0 Å². The predicted octanol–water partition coefficient (Wildman–Crippen LogP) is 0.712. The maximum Gasteiger partial charge on any atom is 0.282 e. The second-order valence-electron chi connectivity index (χ2n) is 5.13. The van der Waals surface area contributed by atoms with Gasteiger partial charge in [0.1, 0.15) is 0 Å². The quantitative estimate of drug-likeness (QED) is 0.743. The second kappa shape index (κ2) is 6.68. The fourth-order valence-electron chi connectivity index (χ4n) is 2.45. The van der Waals surface area contributed by atoms with Crippen molar-refractivity contribution in [3.8, 4) is 0 Å². The number of amides is 1. The summed E-state index contributed by atoms with van der Waals surface area (Å²) in [5, 5.41) is 4.98. The molecule has 0 fully saturated rings. The molecule has 1 aliphatic rings. The summed E-state index contributed by atoms with van der Waals surface area (Å²) < 4.78 is 4.98. The lowest BCUT2D eigenvalue weighted by atomic mass is 10.1. The van der Waals surface area contributed by atoms with Crippen LogP contribution in [0.3, 0.4) is 0 Å². The third-order valence-electron chi connectivity index (χ3n) is 3.62. The van der Waals surface area contributed by atoms with Crippen LogP contribution >= 0.6 is 0 Å². The van der Waals surface area contributed by atoms with Crippen molar-refractivity contribution in [2.75, 3.05) is 25.6 Å². The predicted molar refractivity (Wildman–Crippen MR) is 75.2 cm³/mol. The molecule has 19 heavy (non-hydrogen) atoms. The third kappa shape index (κ3) is 3.78. The lowest BCUT2D eigenvalue weighted by molar-refractivity contribution is -0.674. The molecule has 0 aliphatic heterocycles. The summed E-state index contributed by atoms with van der Waals surface area (Å²) in [4.78, 5) is 12.0. The van der Waals surface area contributed by atoms with E-state index in [4.69, 9.17) is 4.74 Å². The van der Waals surface area contributed by atoms with Gasteiger partial charge in [0.15, 0.2) is 6.04 Å². The van der Waals surface area contributed by atoms with Crippen molar-refractivity contribution in [2.24, 2.45) is 0 Å². The monoisotopic (exact) mass is 263 g/mol. The Bertz CT molecular complexity index is 446. The first kappa shape index (κ1) is 14.0. The Kier molecular flexibility index (Phi) is 4.93. The zero-order valence-corrected chi connectivity index (χ0v) is 11.7. The minimum Gasteiger partial charge on any atom is -0.379 e. The molecule has 1 aromatic rings. The van der Waals surface area contributed by atoms with Crippen molar-refractivity contribution in [2.45, 2.75) is 32.2 Å². The van der Waals surface area contributed by atoms with E-state index in [0.717, 1.165) is 18.7 Å². The number of quaternary nitrogens is 1. The van der Waals surface area contributed by atoms with Crippen molar-refractivity contribution in [3.63, 3.8) is 0 Å². The molecule has 1 aromatic carbocycles. The van der Waals surface area contributed by atoms with E-state index in [-0.39, 0.29) is 11.9 Å². The number of hydrogen-bond acceptors (Lipinski definition) is 2. The Morgan fingerprint density at radius 2 is 2.21 bits per heavy atom. The number of nitrogens with two attached hydrogens (primary N) is 1. The molecule has 0 spiro atoms. The highest BCUT2D eigenvalue weighted by atomic mass is 16.5. The van der Waals surface area contributed by atoms with Gasteiger partial charge in [-0.25, -0.2) is 0 Å². The average molecular weight is 263 g/mol. The van der Waals surface area contributed by atoms with Crippen LogP contribution in [0.5, 0.6) is 0 Å². The van der Waals surface area contributed by atoms with Crippen LogP contribution in [0.2, 0.25) is 0 Å². The number of carbonyl (C=O) groups excluding carboxylic acids is 1. The molecule has 0 saturated heterocycles. The van der Waals surface area contributed by atoms with E-state index in [1.807, 2.05) is 18.3 Å². The molecule has 1 atom stereocenters. The molecular formula is C15H23N2O2+. The van der Waals surface area contributed by atoms with Crippen molar-refractivity contribution >= 4 is 11.6 Å². The maximum atomic E-state index is 12.0. The van der Waals surface area contributed by atoms with Crippen molar-refractivity contribution < 1.29 is 14.8 Å². The van der Waals surface area contributed by atoms with Gasteiger partial charge < -0.3 is 15.4 Å². The van der Waals surface area contributed by atoms with E-state index >= 15 is 0 Å². The summed E-state index contributed by atoms with van der Waals surface area (Å²) in [6.07, 6.45) is 3.53. The van der Waals surface area contributed by atoms with Gasteiger partial charge in [0.25, 0.3) is 5.91 Å². The molecule has 0 heterocycles. The van der Waals surface area contributed by atoms with Gasteiger partial charge in [0.05, 0.1) is 13.2 Å². The van der Waals surface area contributed by atoms with Crippen LogP contribution in [0, 0.1) is 0 Å². The van der Waals surface area contributed by atoms with Crippen molar-refractivity contribution in [3.05, 3.63) is 29.3 Å². The Balaban J connectivity index is 1.88. The number of fused-ring (bicyclic) bond motifs is 1. The number of anilines is 1. The van der Waals surface area contributed by atoms with Gasteiger partial charge in [0.2, 0.25) is 0 Å². The highest BCUT2D eigenvalue weighted by molar-refractivity contribution is 5.93. The molecule has 1 amide bonds. The number of rotatable bonds is 6. The van der Waals surface area contributed by atoms with Gasteiger partial charge in [-0.05, 0) is 49.4 Å².